The minimum atomic E-state index is 0.316. The molecule has 0 aromatic heterocycles. The molecule has 0 aliphatic rings. The van der Waals surface area contributed by atoms with Gasteiger partial charge in [-0.05, 0) is 24.6 Å². The van der Waals surface area contributed by atoms with Gasteiger partial charge in [-0.3, -0.25) is 0 Å². The molecule has 0 aliphatic heterocycles. The van der Waals surface area contributed by atoms with Crippen LogP contribution in [0.15, 0.2) is 12.1 Å². The Kier molecular flexibility index (Phi) is 3.97. The summed E-state index contributed by atoms with van der Waals surface area (Å²) in [5.41, 5.74) is 1.78. The van der Waals surface area contributed by atoms with Crippen LogP contribution in [0.5, 0.6) is 5.75 Å². The van der Waals surface area contributed by atoms with Crippen LogP contribution < -0.4 is 9.64 Å². The lowest BCUT2D eigenvalue weighted by atomic mass is 10.2. The van der Waals surface area contributed by atoms with Crippen LogP contribution >= 0.6 is 11.6 Å². The van der Waals surface area contributed by atoms with E-state index in [0.29, 0.717) is 11.6 Å². The lowest BCUT2D eigenvalue weighted by Gasteiger charge is -2.20. The fourth-order valence-electron chi connectivity index (χ4n) is 1.47. The summed E-state index contributed by atoms with van der Waals surface area (Å²) in [6, 6.07) is 3.62. The van der Waals surface area contributed by atoms with Crippen LogP contribution in [-0.4, -0.2) is 27.0 Å². The van der Waals surface area contributed by atoms with Crippen LogP contribution in [-0.2, 0) is 4.79 Å². The van der Waals surface area contributed by atoms with Crippen molar-refractivity contribution in [1.29, 1.82) is 0 Å². The van der Waals surface area contributed by atoms with Crippen LogP contribution in [0.2, 0.25) is 5.02 Å². The molecule has 4 heteroatoms. The van der Waals surface area contributed by atoms with Crippen LogP contribution in [0, 0.1) is 6.92 Å². The molecule has 0 heterocycles. The molecule has 0 spiro atoms. The third-order valence-electron chi connectivity index (χ3n) is 2.18. The molecule has 1 rings (SSSR count). The van der Waals surface area contributed by atoms with E-state index in [0.717, 1.165) is 23.3 Å². The minimum absolute atomic E-state index is 0.316. The molecule has 1 aromatic carbocycles. The van der Waals surface area contributed by atoms with Crippen molar-refractivity contribution in [2.24, 2.45) is 0 Å². The number of rotatable bonds is 4. The largest absolute Gasteiger partial charge is 0.494 e. The summed E-state index contributed by atoms with van der Waals surface area (Å²) in [7, 11) is 3.43. The molecule has 1 aromatic rings. The standard InChI is InChI=1S/C11H14ClNO2/c1-8-6-9(12)7-10(11(8)15-3)13(2)4-5-14/h5-7H,4H2,1-3H3. The number of aryl methyl sites for hydroxylation is 1. The second-order valence-electron chi connectivity index (χ2n) is 3.32. The van der Waals surface area contributed by atoms with E-state index in [-0.39, 0.29) is 0 Å². The number of aldehydes is 1. The van der Waals surface area contributed by atoms with Crippen LogP contribution in [0.1, 0.15) is 5.56 Å². The molecule has 0 aliphatic carbocycles. The van der Waals surface area contributed by atoms with E-state index in [9.17, 15) is 4.79 Å². The van der Waals surface area contributed by atoms with Crippen molar-refractivity contribution in [1.82, 2.24) is 0 Å². The molecule has 3 nitrogen and oxygen atoms in total. The molecule has 15 heavy (non-hydrogen) atoms. The number of carbonyl (C=O) groups is 1. The van der Waals surface area contributed by atoms with Gasteiger partial charge in [-0.15, -0.1) is 0 Å². The van der Waals surface area contributed by atoms with Crippen molar-refractivity contribution in [3.8, 4) is 5.75 Å². The highest BCUT2D eigenvalue weighted by atomic mass is 35.5. The van der Waals surface area contributed by atoms with Gasteiger partial charge in [-0.2, -0.15) is 0 Å². The molecule has 0 radical (unpaired) electrons. The van der Waals surface area contributed by atoms with Crippen molar-refractivity contribution in [2.45, 2.75) is 6.92 Å². The predicted molar refractivity (Wildman–Crippen MR) is 62.1 cm³/mol. The highest BCUT2D eigenvalue weighted by Crippen LogP contribution is 2.33. The van der Waals surface area contributed by atoms with E-state index in [1.165, 1.54) is 0 Å². The third-order valence-corrected chi connectivity index (χ3v) is 2.40. The van der Waals surface area contributed by atoms with Crippen molar-refractivity contribution in [3.63, 3.8) is 0 Å². The van der Waals surface area contributed by atoms with Crippen LogP contribution in [0.4, 0.5) is 5.69 Å². The normalized spacial score (nSPS) is 9.87. The Hall–Kier alpha value is -1.22. The number of likely N-dealkylation sites (N-methyl/N-ethyl adjacent to an activating group) is 1. The number of carbonyl (C=O) groups excluding carboxylic acids is 1. The Balaban J connectivity index is 3.19. The average Bonchev–Trinajstić information content (AvgIpc) is 2.17. The monoisotopic (exact) mass is 227 g/mol. The van der Waals surface area contributed by atoms with E-state index in [1.54, 1.807) is 18.1 Å². The lowest BCUT2D eigenvalue weighted by Crippen LogP contribution is -2.20. The molecule has 0 fully saturated rings. The molecule has 0 saturated heterocycles. The minimum Gasteiger partial charge on any atom is -0.494 e. The Morgan fingerprint density at radius 3 is 2.73 bits per heavy atom. The zero-order valence-corrected chi connectivity index (χ0v) is 9.84. The van der Waals surface area contributed by atoms with Gasteiger partial charge in [-0.1, -0.05) is 11.6 Å². The maximum absolute atomic E-state index is 10.4. The number of hydrogen-bond donors (Lipinski definition) is 0. The van der Waals surface area contributed by atoms with E-state index in [4.69, 9.17) is 16.3 Å². The number of methoxy groups -OCH3 is 1. The Bertz CT molecular complexity index is 366. The summed E-state index contributed by atoms with van der Waals surface area (Å²) in [4.78, 5) is 12.2. The lowest BCUT2D eigenvalue weighted by molar-refractivity contribution is -0.106. The summed E-state index contributed by atoms with van der Waals surface area (Å²) >= 11 is 5.95. The average molecular weight is 228 g/mol. The van der Waals surface area contributed by atoms with Gasteiger partial charge in [0.2, 0.25) is 0 Å². The van der Waals surface area contributed by atoms with Crippen molar-refractivity contribution in [2.75, 3.05) is 25.6 Å². The number of halogens is 1. The SMILES string of the molecule is COc1c(C)cc(Cl)cc1N(C)CC=O. The number of ether oxygens (including phenoxy) is 1. The van der Waals surface area contributed by atoms with Gasteiger partial charge in [-0.25, -0.2) is 0 Å². The first-order valence-electron chi connectivity index (χ1n) is 4.59. The summed E-state index contributed by atoms with van der Waals surface area (Å²) in [5.74, 6) is 0.753. The quantitative estimate of drug-likeness (QED) is 0.740. The highest BCUT2D eigenvalue weighted by Gasteiger charge is 2.11. The topological polar surface area (TPSA) is 29.5 Å². The summed E-state index contributed by atoms with van der Waals surface area (Å²) in [6.45, 7) is 2.24. The van der Waals surface area contributed by atoms with Crippen molar-refractivity contribution < 1.29 is 9.53 Å². The van der Waals surface area contributed by atoms with Gasteiger partial charge in [0.05, 0.1) is 19.3 Å². The van der Waals surface area contributed by atoms with Gasteiger partial charge >= 0.3 is 0 Å². The first-order chi connectivity index (χ1) is 7.10. The van der Waals surface area contributed by atoms with Gasteiger partial charge < -0.3 is 14.4 Å². The Morgan fingerprint density at radius 2 is 2.20 bits per heavy atom. The maximum Gasteiger partial charge on any atom is 0.145 e. The zero-order chi connectivity index (χ0) is 11.4. The molecule has 0 amide bonds. The van der Waals surface area contributed by atoms with E-state index < -0.39 is 0 Å². The summed E-state index contributed by atoms with van der Waals surface area (Å²) < 4.78 is 5.28. The number of nitrogens with zero attached hydrogens (tertiary/aromatic N) is 1. The van der Waals surface area contributed by atoms with Crippen molar-refractivity contribution >= 4 is 23.6 Å². The number of hydrogen-bond acceptors (Lipinski definition) is 3. The van der Waals surface area contributed by atoms with Crippen LogP contribution in [0.25, 0.3) is 0 Å². The molecular weight excluding hydrogens is 214 g/mol. The Morgan fingerprint density at radius 1 is 1.53 bits per heavy atom. The van der Waals surface area contributed by atoms with Crippen LogP contribution in [0.3, 0.4) is 0 Å². The van der Waals surface area contributed by atoms with E-state index in [1.807, 2.05) is 20.0 Å². The van der Waals surface area contributed by atoms with E-state index >= 15 is 0 Å². The zero-order valence-electron chi connectivity index (χ0n) is 9.08. The van der Waals surface area contributed by atoms with Gasteiger partial charge in [0.25, 0.3) is 0 Å². The second-order valence-corrected chi connectivity index (χ2v) is 3.76. The first-order valence-corrected chi connectivity index (χ1v) is 4.97. The maximum atomic E-state index is 10.4. The fraction of sp³-hybridized carbons (Fsp3) is 0.364. The van der Waals surface area contributed by atoms with Crippen molar-refractivity contribution in [3.05, 3.63) is 22.7 Å². The number of benzene rings is 1. The third kappa shape index (κ3) is 2.63. The molecule has 0 N–H and O–H groups in total. The smallest absolute Gasteiger partial charge is 0.145 e. The molecule has 82 valence electrons. The second kappa shape index (κ2) is 5.03. The molecule has 0 unspecified atom stereocenters. The van der Waals surface area contributed by atoms with E-state index in [2.05, 4.69) is 0 Å². The molecule has 0 saturated carbocycles. The summed E-state index contributed by atoms with van der Waals surface area (Å²) in [5, 5.41) is 0.640. The van der Waals surface area contributed by atoms with Gasteiger partial charge in [0, 0.05) is 12.1 Å². The highest BCUT2D eigenvalue weighted by molar-refractivity contribution is 6.31. The summed E-state index contributed by atoms with van der Waals surface area (Å²) in [6.07, 6.45) is 0.843. The molecule has 0 bridgehead atoms. The van der Waals surface area contributed by atoms with Gasteiger partial charge in [0.15, 0.2) is 0 Å². The van der Waals surface area contributed by atoms with Gasteiger partial charge in [0.1, 0.15) is 12.0 Å². The molecular formula is C11H14ClNO2. The first kappa shape index (κ1) is 11.9. The molecule has 0 atom stereocenters. The fourth-order valence-corrected chi connectivity index (χ4v) is 1.74. The Labute approximate surface area is 94.6 Å². The number of anilines is 1. The predicted octanol–water partition coefficient (Wildman–Crippen LogP) is 2.29.